The minimum Gasteiger partial charge on any atom is -0.494 e. The number of piperazine rings is 1. The molecule has 13 nitrogen and oxygen atoms in total. The Labute approximate surface area is 272 Å². The van der Waals surface area contributed by atoms with Crippen molar-refractivity contribution in [3.63, 3.8) is 0 Å². The third kappa shape index (κ3) is 5.94. The van der Waals surface area contributed by atoms with Gasteiger partial charge in [0.05, 0.1) is 30.1 Å². The molecule has 0 atom stereocenters. The van der Waals surface area contributed by atoms with E-state index in [1.807, 2.05) is 13.0 Å². The zero-order chi connectivity index (χ0) is 33.8. The van der Waals surface area contributed by atoms with Crippen molar-refractivity contribution in [2.75, 3.05) is 56.2 Å². The molecule has 1 aliphatic carbocycles. The SMILES string of the molecule is COc1c(C(N)=O)cc(C2(C)CC2)c(-c2c(C(=O)O)n(C)c3c(Oc4ccnc(N5CCN(C)CC5)c4)cccc23)c1NS(C)(=O)=O. The molecule has 1 saturated heterocycles. The number of carbonyl (C=O) groups excluding carboxylic acids is 1. The minimum absolute atomic E-state index is 0.0134. The fraction of sp³-hybridized carbons (Fsp3) is 0.364. The fourth-order valence-electron chi connectivity index (χ4n) is 6.40. The molecule has 47 heavy (non-hydrogen) atoms. The molecule has 14 heteroatoms. The summed E-state index contributed by atoms with van der Waals surface area (Å²) in [6.45, 7) is 5.47. The van der Waals surface area contributed by atoms with Gasteiger partial charge in [-0.25, -0.2) is 18.2 Å². The first-order chi connectivity index (χ1) is 22.2. The summed E-state index contributed by atoms with van der Waals surface area (Å²) < 4.78 is 41.7. The van der Waals surface area contributed by atoms with Crippen LogP contribution in [0.5, 0.6) is 17.2 Å². The maximum Gasteiger partial charge on any atom is 0.353 e. The number of aryl methyl sites for hydroxylation is 1. The van der Waals surface area contributed by atoms with Gasteiger partial charge in [-0.05, 0) is 49.1 Å². The van der Waals surface area contributed by atoms with E-state index in [2.05, 4.69) is 26.6 Å². The summed E-state index contributed by atoms with van der Waals surface area (Å²) in [6.07, 6.45) is 4.13. The number of sulfonamides is 1. The van der Waals surface area contributed by atoms with E-state index >= 15 is 0 Å². The van der Waals surface area contributed by atoms with E-state index < -0.39 is 27.3 Å². The molecule has 2 aromatic heterocycles. The molecule has 0 unspecified atom stereocenters. The van der Waals surface area contributed by atoms with E-state index in [1.54, 1.807) is 43.6 Å². The molecule has 0 spiro atoms. The van der Waals surface area contributed by atoms with Crippen molar-refractivity contribution >= 4 is 44.3 Å². The summed E-state index contributed by atoms with van der Waals surface area (Å²) in [5.74, 6) is -0.440. The molecule has 1 aliphatic heterocycles. The topological polar surface area (TPSA) is 169 Å². The predicted molar refractivity (Wildman–Crippen MR) is 179 cm³/mol. The first kappa shape index (κ1) is 32.1. The van der Waals surface area contributed by atoms with Crippen molar-refractivity contribution in [3.05, 3.63) is 59.4 Å². The lowest BCUT2D eigenvalue weighted by Crippen LogP contribution is -2.44. The van der Waals surface area contributed by atoms with Crippen LogP contribution in [-0.2, 0) is 22.5 Å². The second kappa shape index (κ2) is 11.8. The fourth-order valence-corrected chi connectivity index (χ4v) is 6.96. The average molecular weight is 663 g/mol. The van der Waals surface area contributed by atoms with Crippen LogP contribution in [-0.4, -0.2) is 86.4 Å². The number of para-hydroxylation sites is 1. The number of nitrogens with zero attached hydrogens (tertiary/aromatic N) is 4. The number of likely N-dealkylation sites (N-methyl/N-ethyl adjacent to an activating group) is 1. The number of aromatic nitrogens is 2. The molecule has 2 aliphatic rings. The summed E-state index contributed by atoms with van der Waals surface area (Å²) in [7, 11) is 1.07. The van der Waals surface area contributed by atoms with Gasteiger partial charge in [-0.2, -0.15) is 0 Å². The number of rotatable bonds is 10. The first-order valence-corrected chi connectivity index (χ1v) is 17.1. The van der Waals surface area contributed by atoms with Crippen molar-refractivity contribution in [2.24, 2.45) is 12.8 Å². The van der Waals surface area contributed by atoms with Crippen LogP contribution in [0.25, 0.3) is 22.0 Å². The number of hydrogen-bond donors (Lipinski definition) is 3. The summed E-state index contributed by atoms with van der Waals surface area (Å²) in [6, 6.07) is 10.5. The maximum atomic E-state index is 13.1. The molecule has 1 saturated carbocycles. The molecular weight excluding hydrogens is 624 g/mol. The van der Waals surface area contributed by atoms with Crippen LogP contribution in [0.4, 0.5) is 11.5 Å². The number of ether oxygens (including phenoxy) is 2. The Kier molecular flexibility index (Phi) is 8.04. The predicted octanol–water partition coefficient (Wildman–Crippen LogP) is 4.01. The van der Waals surface area contributed by atoms with Crippen LogP contribution in [0, 0.1) is 0 Å². The number of hydrogen-bond acceptors (Lipinski definition) is 9. The number of amides is 1. The standard InChI is InChI=1S/C33H38N6O7S/c1-33(10-11-33)22-18-21(31(34)40)30(45-4)27(36-47(5,43)44)26(22)25-20-7-6-8-23(28(20)38(3)29(25)32(41)42)46-19-9-12-35-24(17-19)39-15-13-37(2)14-16-39/h6-9,12,17-18,36H,10-11,13-16H2,1-5H3,(H2,34,40)(H,41,42). The number of carboxylic acid groups (broad SMARTS) is 1. The number of primary amides is 1. The Hall–Kier alpha value is -4.82. The van der Waals surface area contributed by atoms with E-state index in [1.165, 1.54) is 11.7 Å². The third-order valence-electron chi connectivity index (χ3n) is 9.09. The largest absolute Gasteiger partial charge is 0.494 e. The van der Waals surface area contributed by atoms with Crippen molar-refractivity contribution in [3.8, 4) is 28.4 Å². The molecule has 4 aromatic rings. The number of carbonyl (C=O) groups is 2. The van der Waals surface area contributed by atoms with Crippen molar-refractivity contribution in [2.45, 2.75) is 25.2 Å². The van der Waals surface area contributed by atoms with Gasteiger partial charge in [0.2, 0.25) is 10.0 Å². The van der Waals surface area contributed by atoms with Crippen LogP contribution in [0.15, 0.2) is 42.6 Å². The van der Waals surface area contributed by atoms with Gasteiger partial charge < -0.3 is 34.7 Å². The van der Waals surface area contributed by atoms with E-state index in [9.17, 15) is 23.1 Å². The highest BCUT2D eigenvalue weighted by Crippen LogP contribution is 2.57. The number of aromatic carboxylic acids is 1. The van der Waals surface area contributed by atoms with E-state index in [0.29, 0.717) is 33.5 Å². The number of nitrogens with one attached hydrogen (secondary N) is 1. The zero-order valence-electron chi connectivity index (χ0n) is 27.0. The molecule has 248 valence electrons. The second-order valence-corrected chi connectivity index (χ2v) is 14.3. The number of fused-ring (bicyclic) bond motifs is 1. The van der Waals surface area contributed by atoms with E-state index in [4.69, 9.17) is 15.2 Å². The third-order valence-corrected chi connectivity index (χ3v) is 9.66. The minimum atomic E-state index is -3.94. The molecule has 0 radical (unpaired) electrons. The smallest absolute Gasteiger partial charge is 0.353 e. The summed E-state index contributed by atoms with van der Waals surface area (Å²) in [4.78, 5) is 34.7. The van der Waals surface area contributed by atoms with E-state index in [0.717, 1.165) is 51.1 Å². The van der Waals surface area contributed by atoms with Gasteiger partial charge in [0.15, 0.2) is 11.5 Å². The van der Waals surface area contributed by atoms with Gasteiger partial charge >= 0.3 is 5.97 Å². The highest BCUT2D eigenvalue weighted by Gasteiger charge is 2.44. The van der Waals surface area contributed by atoms with Gasteiger partial charge in [0.1, 0.15) is 17.3 Å². The molecule has 1 amide bonds. The Morgan fingerprint density at radius 2 is 1.77 bits per heavy atom. The van der Waals surface area contributed by atoms with Crippen molar-refractivity contribution < 1.29 is 32.6 Å². The number of benzene rings is 2. The van der Waals surface area contributed by atoms with Gasteiger partial charge in [-0.1, -0.05) is 19.1 Å². The number of methoxy groups -OCH3 is 1. The quantitative estimate of drug-likeness (QED) is 0.226. The molecule has 6 rings (SSSR count). The number of anilines is 2. The molecule has 3 heterocycles. The average Bonchev–Trinajstić information content (AvgIpc) is 3.69. The van der Waals surface area contributed by atoms with Crippen LogP contribution in [0.3, 0.4) is 0 Å². The lowest BCUT2D eigenvalue weighted by molar-refractivity contribution is 0.0687. The highest BCUT2D eigenvalue weighted by molar-refractivity contribution is 7.92. The number of carboxylic acids is 1. The number of nitrogens with two attached hydrogens (primary N) is 1. The molecular formula is C33H38N6O7S. The lowest BCUT2D eigenvalue weighted by atomic mass is 9.85. The monoisotopic (exact) mass is 662 g/mol. The summed E-state index contributed by atoms with van der Waals surface area (Å²) >= 11 is 0. The second-order valence-electron chi connectivity index (χ2n) is 12.5. The molecule has 4 N–H and O–H groups in total. The van der Waals surface area contributed by atoms with Crippen LogP contribution in [0.2, 0.25) is 0 Å². The van der Waals surface area contributed by atoms with Crippen LogP contribution >= 0.6 is 0 Å². The Bertz CT molecular complexity index is 2030. The van der Waals surface area contributed by atoms with Gasteiger partial charge in [0, 0.05) is 62.0 Å². The first-order valence-electron chi connectivity index (χ1n) is 15.2. The Balaban J connectivity index is 1.60. The summed E-state index contributed by atoms with van der Waals surface area (Å²) in [5.41, 5.74) is 6.75. The Morgan fingerprint density at radius 1 is 1.06 bits per heavy atom. The molecule has 2 aromatic carbocycles. The zero-order valence-corrected chi connectivity index (χ0v) is 27.8. The van der Waals surface area contributed by atoms with Crippen molar-refractivity contribution in [1.29, 1.82) is 0 Å². The van der Waals surface area contributed by atoms with Crippen molar-refractivity contribution in [1.82, 2.24) is 14.5 Å². The molecule has 0 bridgehead atoms. The van der Waals surface area contributed by atoms with Crippen LogP contribution < -0.4 is 24.8 Å². The number of pyridine rings is 1. The van der Waals surface area contributed by atoms with E-state index in [-0.39, 0.29) is 28.3 Å². The highest BCUT2D eigenvalue weighted by atomic mass is 32.2. The van der Waals surface area contributed by atoms with Gasteiger partial charge in [-0.3, -0.25) is 9.52 Å². The summed E-state index contributed by atoms with van der Waals surface area (Å²) in [5, 5.41) is 11.2. The Morgan fingerprint density at radius 3 is 2.36 bits per heavy atom. The molecule has 2 fully saturated rings. The maximum absolute atomic E-state index is 13.1. The van der Waals surface area contributed by atoms with Gasteiger partial charge in [0.25, 0.3) is 5.91 Å². The van der Waals surface area contributed by atoms with Crippen LogP contribution in [0.1, 0.15) is 46.2 Å². The van der Waals surface area contributed by atoms with Gasteiger partial charge in [-0.15, -0.1) is 0 Å². The lowest BCUT2D eigenvalue weighted by Gasteiger charge is -2.33. The normalized spacial score (nSPS) is 16.2.